The Hall–Kier alpha value is -1.33. The summed E-state index contributed by atoms with van der Waals surface area (Å²) in [6.07, 6.45) is -0.137. The summed E-state index contributed by atoms with van der Waals surface area (Å²) in [6, 6.07) is 2.96. The van der Waals surface area contributed by atoms with Crippen LogP contribution in [0.3, 0.4) is 0 Å². The van der Waals surface area contributed by atoms with E-state index >= 15 is 0 Å². The number of rotatable bonds is 4. The van der Waals surface area contributed by atoms with E-state index in [-0.39, 0.29) is 34.7 Å². The van der Waals surface area contributed by atoms with Crippen LogP contribution in [0.2, 0.25) is 10.3 Å². The van der Waals surface area contributed by atoms with Gasteiger partial charge < -0.3 is 10.0 Å². The molecule has 20 heavy (non-hydrogen) atoms. The van der Waals surface area contributed by atoms with Crippen LogP contribution in [0, 0.1) is 0 Å². The largest absolute Gasteiger partial charge is 0.481 e. The van der Waals surface area contributed by atoms with Crippen molar-refractivity contribution in [2.45, 2.75) is 32.7 Å². The number of aromatic nitrogens is 1. The van der Waals surface area contributed by atoms with Gasteiger partial charge in [0.1, 0.15) is 10.3 Å². The van der Waals surface area contributed by atoms with Crippen molar-refractivity contribution in [2.24, 2.45) is 0 Å². The molecule has 0 aliphatic heterocycles. The normalized spacial score (nSPS) is 11.2. The number of amides is 1. The number of carboxylic acids is 1. The van der Waals surface area contributed by atoms with Crippen molar-refractivity contribution in [1.82, 2.24) is 9.88 Å². The zero-order chi connectivity index (χ0) is 15.5. The molecule has 0 aliphatic carbocycles. The van der Waals surface area contributed by atoms with Crippen molar-refractivity contribution in [3.8, 4) is 0 Å². The van der Waals surface area contributed by atoms with Crippen LogP contribution in [0.1, 0.15) is 37.6 Å². The predicted octanol–water partition coefficient (Wildman–Crippen LogP) is 3.10. The average molecular weight is 319 g/mol. The van der Waals surface area contributed by atoms with Crippen LogP contribution in [-0.4, -0.2) is 39.0 Å². The highest BCUT2D eigenvalue weighted by Gasteiger charge is 2.29. The van der Waals surface area contributed by atoms with Crippen molar-refractivity contribution in [3.63, 3.8) is 0 Å². The van der Waals surface area contributed by atoms with E-state index in [1.54, 1.807) is 0 Å². The summed E-state index contributed by atoms with van der Waals surface area (Å²) in [4.78, 5) is 28.5. The van der Waals surface area contributed by atoms with Crippen LogP contribution >= 0.6 is 23.2 Å². The summed E-state index contributed by atoms with van der Waals surface area (Å²) < 4.78 is 0. The van der Waals surface area contributed by atoms with Gasteiger partial charge in [-0.25, -0.2) is 4.98 Å². The third kappa shape index (κ3) is 4.35. The molecule has 1 amide bonds. The number of hydrogen-bond acceptors (Lipinski definition) is 3. The predicted molar refractivity (Wildman–Crippen MR) is 77.3 cm³/mol. The number of pyridine rings is 1. The molecule has 1 N–H and O–H groups in total. The minimum absolute atomic E-state index is 0.00655. The van der Waals surface area contributed by atoms with Crippen molar-refractivity contribution in [2.75, 3.05) is 6.54 Å². The molecule has 1 heterocycles. The van der Waals surface area contributed by atoms with Crippen LogP contribution in [0.5, 0.6) is 0 Å². The molecule has 0 atom stereocenters. The van der Waals surface area contributed by atoms with Crippen LogP contribution in [0.25, 0.3) is 0 Å². The molecule has 0 spiro atoms. The Morgan fingerprint density at radius 2 is 1.90 bits per heavy atom. The quantitative estimate of drug-likeness (QED) is 0.866. The monoisotopic (exact) mass is 318 g/mol. The second-order valence-corrected chi connectivity index (χ2v) is 5.99. The van der Waals surface area contributed by atoms with Gasteiger partial charge in [-0.3, -0.25) is 9.59 Å². The van der Waals surface area contributed by atoms with Gasteiger partial charge in [-0.05, 0) is 32.9 Å². The highest BCUT2D eigenvalue weighted by Crippen LogP contribution is 2.23. The van der Waals surface area contributed by atoms with E-state index in [2.05, 4.69) is 4.98 Å². The minimum Gasteiger partial charge on any atom is -0.481 e. The number of halogens is 2. The third-order valence-electron chi connectivity index (χ3n) is 2.65. The lowest BCUT2D eigenvalue weighted by Gasteiger charge is -2.35. The molecule has 0 saturated carbocycles. The molecule has 0 fully saturated rings. The third-order valence-corrected chi connectivity index (χ3v) is 3.15. The fourth-order valence-electron chi connectivity index (χ4n) is 1.67. The van der Waals surface area contributed by atoms with Gasteiger partial charge in [0.25, 0.3) is 5.91 Å². The molecule has 0 saturated heterocycles. The van der Waals surface area contributed by atoms with E-state index in [1.807, 2.05) is 20.8 Å². The van der Waals surface area contributed by atoms with Crippen molar-refractivity contribution >= 4 is 35.1 Å². The van der Waals surface area contributed by atoms with Crippen LogP contribution in [-0.2, 0) is 4.79 Å². The fraction of sp³-hybridized carbons (Fsp3) is 0.462. The Balaban J connectivity index is 3.07. The van der Waals surface area contributed by atoms with Gasteiger partial charge in [0, 0.05) is 12.1 Å². The van der Waals surface area contributed by atoms with Crippen LogP contribution in [0.4, 0.5) is 0 Å². The zero-order valence-corrected chi connectivity index (χ0v) is 13.0. The Morgan fingerprint density at radius 1 is 1.30 bits per heavy atom. The molecule has 1 rings (SSSR count). The number of hydrogen-bond donors (Lipinski definition) is 1. The summed E-state index contributed by atoms with van der Waals surface area (Å²) >= 11 is 11.6. The first-order valence-electron chi connectivity index (χ1n) is 5.98. The molecular weight excluding hydrogens is 303 g/mol. The van der Waals surface area contributed by atoms with Crippen LogP contribution < -0.4 is 0 Å². The number of carboxylic acid groups (broad SMARTS) is 1. The summed E-state index contributed by atoms with van der Waals surface area (Å²) in [6.45, 7) is 5.56. The van der Waals surface area contributed by atoms with Gasteiger partial charge in [-0.2, -0.15) is 0 Å². The van der Waals surface area contributed by atoms with Gasteiger partial charge in [0.05, 0.1) is 12.0 Å². The van der Waals surface area contributed by atoms with Gasteiger partial charge in [0.15, 0.2) is 0 Å². The first-order chi connectivity index (χ1) is 9.12. The summed E-state index contributed by atoms with van der Waals surface area (Å²) in [7, 11) is 0. The lowest BCUT2D eigenvalue weighted by atomic mass is 10.0. The lowest BCUT2D eigenvalue weighted by Crippen LogP contribution is -2.46. The number of nitrogens with zero attached hydrogens (tertiary/aromatic N) is 2. The van der Waals surface area contributed by atoms with E-state index in [0.717, 1.165) is 0 Å². The van der Waals surface area contributed by atoms with Gasteiger partial charge in [0.2, 0.25) is 0 Å². The van der Waals surface area contributed by atoms with E-state index in [0.29, 0.717) is 0 Å². The number of carbonyl (C=O) groups excluding carboxylic acids is 1. The highest BCUT2D eigenvalue weighted by molar-refractivity contribution is 6.34. The molecule has 7 heteroatoms. The topological polar surface area (TPSA) is 70.5 Å². The maximum Gasteiger partial charge on any atom is 0.305 e. The Bertz CT molecular complexity index is 527. The molecule has 0 aromatic carbocycles. The second kappa shape index (κ2) is 6.41. The molecule has 0 bridgehead atoms. The number of carbonyl (C=O) groups is 2. The second-order valence-electron chi connectivity index (χ2n) is 5.24. The van der Waals surface area contributed by atoms with Gasteiger partial charge >= 0.3 is 5.97 Å². The van der Waals surface area contributed by atoms with Crippen molar-refractivity contribution in [3.05, 3.63) is 28.0 Å². The van der Waals surface area contributed by atoms with E-state index in [1.165, 1.54) is 17.0 Å². The summed E-state index contributed by atoms with van der Waals surface area (Å²) in [5.74, 6) is -1.33. The van der Waals surface area contributed by atoms with Gasteiger partial charge in [-0.1, -0.05) is 23.2 Å². The Morgan fingerprint density at radius 3 is 2.35 bits per heavy atom. The first-order valence-corrected chi connectivity index (χ1v) is 6.74. The van der Waals surface area contributed by atoms with Crippen molar-refractivity contribution < 1.29 is 14.7 Å². The van der Waals surface area contributed by atoms with Crippen LogP contribution in [0.15, 0.2) is 12.1 Å². The fourth-order valence-corrected chi connectivity index (χ4v) is 2.09. The van der Waals surface area contributed by atoms with Gasteiger partial charge in [-0.15, -0.1) is 0 Å². The maximum atomic E-state index is 12.5. The lowest BCUT2D eigenvalue weighted by molar-refractivity contribution is -0.137. The molecule has 1 aromatic rings. The smallest absolute Gasteiger partial charge is 0.305 e. The molecule has 5 nitrogen and oxygen atoms in total. The highest BCUT2D eigenvalue weighted by atomic mass is 35.5. The number of aliphatic carboxylic acids is 1. The molecule has 0 unspecified atom stereocenters. The molecule has 110 valence electrons. The molecule has 1 aromatic heterocycles. The van der Waals surface area contributed by atoms with Crippen molar-refractivity contribution in [1.29, 1.82) is 0 Å². The van der Waals surface area contributed by atoms with E-state index in [4.69, 9.17) is 28.3 Å². The van der Waals surface area contributed by atoms with E-state index in [9.17, 15) is 9.59 Å². The Kier molecular flexibility index (Phi) is 5.36. The first kappa shape index (κ1) is 16.7. The minimum atomic E-state index is -0.965. The van der Waals surface area contributed by atoms with E-state index < -0.39 is 11.5 Å². The maximum absolute atomic E-state index is 12.5. The molecule has 0 aliphatic rings. The zero-order valence-electron chi connectivity index (χ0n) is 11.5. The summed E-state index contributed by atoms with van der Waals surface area (Å²) in [5.41, 5.74) is -0.327. The Labute approximate surface area is 127 Å². The average Bonchev–Trinajstić information content (AvgIpc) is 2.26. The summed E-state index contributed by atoms with van der Waals surface area (Å²) in [5, 5.41) is 8.98. The standard InChI is InChI=1S/C13H16Cl2N2O3/c1-13(2,3)17(7-6-10(18)19)12(20)8-4-5-9(14)16-11(8)15/h4-5H,6-7H2,1-3H3,(H,18,19). The molecule has 0 radical (unpaired) electrons. The molecular formula is C13H16Cl2N2O3. The SMILES string of the molecule is CC(C)(C)N(CCC(=O)O)C(=O)c1ccc(Cl)nc1Cl.